The van der Waals surface area contributed by atoms with E-state index in [0.717, 1.165) is 0 Å². The van der Waals surface area contributed by atoms with Crippen molar-refractivity contribution in [3.8, 4) is 5.75 Å². The van der Waals surface area contributed by atoms with Gasteiger partial charge in [0.2, 0.25) is 0 Å². The SMILES string of the molecule is Cc1ccc(C(=O)NCCc2ccccc2F)cc1O. The molecule has 0 bridgehead atoms. The molecule has 0 spiro atoms. The fraction of sp³-hybridized carbons (Fsp3) is 0.188. The highest BCUT2D eigenvalue weighted by atomic mass is 19.1. The fourth-order valence-corrected chi connectivity index (χ4v) is 1.86. The quantitative estimate of drug-likeness (QED) is 0.900. The van der Waals surface area contributed by atoms with Crippen molar-refractivity contribution in [2.75, 3.05) is 6.54 Å². The Morgan fingerprint density at radius 3 is 2.70 bits per heavy atom. The van der Waals surface area contributed by atoms with E-state index in [2.05, 4.69) is 5.32 Å². The largest absolute Gasteiger partial charge is 0.508 e. The molecule has 0 heterocycles. The summed E-state index contributed by atoms with van der Waals surface area (Å²) in [5.41, 5.74) is 1.68. The minimum atomic E-state index is -0.281. The molecule has 2 rings (SSSR count). The molecule has 0 saturated heterocycles. The summed E-state index contributed by atoms with van der Waals surface area (Å²) in [5.74, 6) is -0.460. The number of aryl methyl sites for hydroxylation is 1. The van der Waals surface area contributed by atoms with Gasteiger partial charge in [-0.05, 0) is 42.7 Å². The van der Waals surface area contributed by atoms with Crippen LogP contribution in [-0.4, -0.2) is 17.6 Å². The van der Waals surface area contributed by atoms with Crippen molar-refractivity contribution in [1.82, 2.24) is 5.32 Å². The number of aromatic hydroxyl groups is 1. The number of amides is 1. The third-order valence-electron chi connectivity index (χ3n) is 3.11. The number of phenols is 1. The number of carbonyl (C=O) groups is 1. The summed E-state index contributed by atoms with van der Waals surface area (Å²) >= 11 is 0. The number of hydrogen-bond acceptors (Lipinski definition) is 2. The third kappa shape index (κ3) is 3.35. The number of benzene rings is 2. The Labute approximate surface area is 117 Å². The third-order valence-corrected chi connectivity index (χ3v) is 3.11. The van der Waals surface area contributed by atoms with Crippen LogP contribution in [0.5, 0.6) is 5.75 Å². The number of carbonyl (C=O) groups excluding carboxylic acids is 1. The molecule has 2 aromatic rings. The van der Waals surface area contributed by atoms with E-state index in [-0.39, 0.29) is 17.5 Å². The van der Waals surface area contributed by atoms with Gasteiger partial charge in [-0.25, -0.2) is 4.39 Å². The monoisotopic (exact) mass is 273 g/mol. The lowest BCUT2D eigenvalue weighted by Gasteiger charge is -2.07. The molecule has 0 aliphatic carbocycles. The smallest absolute Gasteiger partial charge is 0.251 e. The van der Waals surface area contributed by atoms with Gasteiger partial charge in [0.1, 0.15) is 11.6 Å². The summed E-state index contributed by atoms with van der Waals surface area (Å²) in [6.07, 6.45) is 0.427. The summed E-state index contributed by atoms with van der Waals surface area (Å²) in [5, 5.41) is 12.3. The highest BCUT2D eigenvalue weighted by Gasteiger charge is 2.07. The topological polar surface area (TPSA) is 49.3 Å². The molecule has 2 aromatic carbocycles. The van der Waals surface area contributed by atoms with Gasteiger partial charge in [-0.15, -0.1) is 0 Å². The van der Waals surface area contributed by atoms with Gasteiger partial charge in [0.15, 0.2) is 0 Å². The van der Waals surface area contributed by atoms with Gasteiger partial charge in [-0.1, -0.05) is 24.3 Å². The molecular weight excluding hydrogens is 257 g/mol. The molecule has 4 heteroatoms. The Morgan fingerprint density at radius 2 is 2.00 bits per heavy atom. The van der Waals surface area contributed by atoms with Crippen LogP contribution in [0.3, 0.4) is 0 Å². The predicted octanol–water partition coefficient (Wildman–Crippen LogP) is 2.81. The summed E-state index contributed by atoms with van der Waals surface area (Å²) < 4.78 is 13.4. The van der Waals surface area contributed by atoms with E-state index in [0.29, 0.717) is 29.7 Å². The molecule has 0 fully saturated rings. The molecular formula is C16H16FNO2. The van der Waals surface area contributed by atoms with E-state index in [4.69, 9.17) is 0 Å². The minimum absolute atomic E-state index is 0.0896. The van der Waals surface area contributed by atoms with Gasteiger partial charge in [0.25, 0.3) is 5.91 Å². The number of nitrogens with one attached hydrogen (secondary N) is 1. The van der Waals surface area contributed by atoms with Crippen molar-refractivity contribution in [1.29, 1.82) is 0 Å². The predicted molar refractivity (Wildman–Crippen MR) is 75.3 cm³/mol. The van der Waals surface area contributed by atoms with Crippen molar-refractivity contribution in [3.05, 3.63) is 65.0 Å². The maximum atomic E-state index is 13.4. The van der Waals surface area contributed by atoms with Crippen LogP contribution in [0, 0.1) is 12.7 Å². The van der Waals surface area contributed by atoms with Crippen LogP contribution in [0.2, 0.25) is 0 Å². The van der Waals surface area contributed by atoms with Gasteiger partial charge >= 0.3 is 0 Å². The first-order chi connectivity index (χ1) is 9.58. The zero-order chi connectivity index (χ0) is 14.5. The zero-order valence-corrected chi connectivity index (χ0v) is 11.2. The lowest BCUT2D eigenvalue weighted by atomic mass is 10.1. The highest BCUT2D eigenvalue weighted by Crippen LogP contribution is 2.17. The molecule has 20 heavy (non-hydrogen) atoms. The molecule has 2 N–H and O–H groups in total. The van der Waals surface area contributed by atoms with Crippen molar-refractivity contribution in [2.24, 2.45) is 0 Å². The molecule has 0 aliphatic heterocycles. The average molecular weight is 273 g/mol. The van der Waals surface area contributed by atoms with E-state index in [1.165, 1.54) is 12.1 Å². The van der Waals surface area contributed by atoms with Crippen molar-refractivity contribution < 1.29 is 14.3 Å². The molecule has 0 unspecified atom stereocenters. The molecule has 104 valence electrons. The van der Waals surface area contributed by atoms with Crippen LogP contribution >= 0.6 is 0 Å². The van der Waals surface area contributed by atoms with Crippen LogP contribution in [0.25, 0.3) is 0 Å². The lowest BCUT2D eigenvalue weighted by molar-refractivity contribution is 0.0953. The molecule has 0 saturated carbocycles. The molecule has 0 atom stereocenters. The van der Waals surface area contributed by atoms with E-state index in [9.17, 15) is 14.3 Å². The number of hydrogen-bond donors (Lipinski definition) is 2. The Balaban J connectivity index is 1.92. The van der Waals surface area contributed by atoms with Gasteiger partial charge < -0.3 is 10.4 Å². The maximum absolute atomic E-state index is 13.4. The van der Waals surface area contributed by atoms with Crippen LogP contribution in [0.15, 0.2) is 42.5 Å². The van der Waals surface area contributed by atoms with Crippen molar-refractivity contribution in [2.45, 2.75) is 13.3 Å². The Morgan fingerprint density at radius 1 is 1.25 bits per heavy atom. The first kappa shape index (κ1) is 14.1. The second kappa shape index (κ2) is 6.19. The lowest BCUT2D eigenvalue weighted by Crippen LogP contribution is -2.25. The minimum Gasteiger partial charge on any atom is -0.508 e. The van der Waals surface area contributed by atoms with Gasteiger partial charge in [0.05, 0.1) is 0 Å². The summed E-state index contributed by atoms with van der Waals surface area (Å²) in [4.78, 5) is 11.9. The second-order valence-corrected chi connectivity index (χ2v) is 4.60. The normalized spacial score (nSPS) is 10.3. The molecule has 0 aliphatic rings. The Hall–Kier alpha value is -2.36. The second-order valence-electron chi connectivity index (χ2n) is 4.60. The zero-order valence-electron chi connectivity index (χ0n) is 11.2. The standard InChI is InChI=1S/C16H16FNO2/c1-11-6-7-13(10-15(11)19)16(20)18-9-8-12-4-2-3-5-14(12)17/h2-7,10,19H,8-9H2,1H3,(H,18,20). The fourth-order valence-electron chi connectivity index (χ4n) is 1.86. The number of halogens is 1. The molecule has 3 nitrogen and oxygen atoms in total. The summed E-state index contributed by atoms with van der Waals surface area (Å²) in [6, 6.07) is 11.2. The van der Waals surface area contributed by atoms with Crippen molar-refractivity contribution >= 4 is 5.91 Å². The summed E-state index contributed by atoms with van der Waals surface area (Å²) in [7, 11) is 0. The van der Waals surface area contributed by atoms with Gasteiger partial charge in [-0.3, -0.25) is 4.79 Å². The van der Waals surface area contributed by atoms with E-state index in [1.807, 2.05) is 0 Å². The molecule has 0 radical (unpaired) electrons. The van der Waals surface area contributed by atoms with E-state index >= 15 is 0 Å². The Kier molecular flexibility index (Phi) is 4.35. The van der Waals surface area contributed by atoms with Gasteiger partial charge in [-0.2, -0.15) is 0 Å². The molecule has 1 amide bonds. The van der Waals surface area contributed by atoms with Gasteiger partial charge in [0, 0.05) is 12.1 Å². The first-order valence-electron chi connectivity index (χ1n) is 6.39. The van der Waals surface area contributed by atoms with E-state index < -0.39 is 0 Å². The van der Waals surface area contributed by atoms with Crippen LogP contribution in [-0.2, 0) is 6.42 Å². The van der Waals surface area contributed by atoms with Crippen molar-refractivity contribution in [3.63, 3.8) is 0 Å². The summed E-state index contributed by atoms with van der Waals surface area (Å²) in [6.45, 7) is 2.10. The van der Waals surface area contributed by atoms with Crippen LogP contribution < -0.4 is 5.32 Å². The highest BCUT2D eigenvalue weighted by molar-refractivity contribution is 5.94. The number of rotatable bonds is 4. The molecule has 0 aromatic heterocycles. The maximum Gasteiger partial charge on any atom is 0.251 e. The van der Waals surface area contributed by atoms with E-state index in [1.54, 1.807) is 37.3 Å². The van der Waals surface area contributed by atoms with Crippen LogP contribution in [0.1, 0.15) is 21.5 Å². The average Bonchev–Trinajstić information content (AvgIpc) is 2.44. The first-order valence-corrected chi connectivity index (χ1v) is 6.39. The van der Waals surface area contributed by atoms with Crippen LogP contribution in [0.4, 0.5) is 4.39 Å². The Bertz CT molecular complexity index is 626. The number of phenolic OH excluding ortho intramolecular Hbond substituents is 1.